The van der Waals surface area contributed by atoms with Crippen LogP contribution in [0.2, 0.25) is 0 Å². The number of ether oxygens (including phenoxy) is 1. The molecule has 5 nitrogen and oxygen atoms in total. The molecule has 0 fully saturated rings. The van der Waals surface area contributed by atoms with Crippen LogP contribution in [0.5, 0.6) is 0 Å². The number of unbranched alkanes of at least 4 members (excludes halogenated alkanes) is 2. The third-order valence-electron chi connectivity index (χ3n) is 5.58. The van der Waals surface area contributed by atoms with Crippen LogP contribution in [0.4, 0.5) is 5.69 Å². The minimum absolute atomic E-state index is 0.326. The molecule has 1 aromatic heterocycles. The minimum Gasteiger partial charge on any atom is -0.466 e. The lowest BCUT2D eigenvalue weighted by atomic mass is 10.2. The number of hydrogen-bond donors (Lipinski definition) is 1. The molecule has 2 aromatic carbocycles. The zero-order valence-corrected chi connectivity index (χ0v) is 19.1. The van der Waals surface area contributed by atoms with Crippen molar-refractivity contribution in [1.29, 1.82) is 0 Å². The summed E-state index contributed by atoms with van der Waals surface area (Å²) >= 11 is 0. The number of aryl methyl sites for hydroxylation is 2. The van der Waals surface area contributed by atoms with Crippen LogP contribution in [-0.4, -0.2) is 17.6 Å². The van der Waals surface area contributed by atoms with E-state index in [-0.39, 0.29) is 5.97 Å². The fourth-order valence-corrected chi connectivity index (χ4v) is 3.89. The van der Waals surface area contributed by atoms with Gasteiger partial charge in [0, 0.05) is 5.69 Å². The first-order valence-corrected chi connectivity index (χ1v) is 11.2. The van der Waals surface area contributed by atoms with Gasteiger partial charge in [-0.15, -0.1) is 0 Å². The number of aromatic nitrogens is 2. The van der Waals surface area contributed by atoms with Gasteiger partial charge in [-0.2, -0.15) is 0 Å². The summed E-state index contributed by atoms with van der Waals surface area (Å²) in [5.74, 6) is 0.697. The molecule has 1 heterocycles. The Morgan fingerprint density at radius 3 is 2.35 bits per heavy atom. The molecule has 0 unspecified atom stereocenters. The number of anilines is 1. The topological polar surface area (TPSA) is 47.1 Å². The smallest absolute Gasteiger partial charge is 0.335 e. The number of carbonyl (C=O) groups excluding carboxylic acids is 1. The molecular formula is C26H34N3O2+. The number of benzene rings is 2. The van der Waals surface area contributed by atoms with Crippen LogP contribution in [0.25, 0.3) is 16.7 Å². The van der Waals surface area contributed by atoms with Crippen molar-refractivity contribution >= 4 is 28.4 Å². The average Bonchev–Trinajstić information content (AvgIpc) is 3.12. The van der Waals surface area contributed by atoms with Crippen LogP contribution in [-0.2, 0) is 22.6 Å². The molecule has 164 valence electrons. The van der Waals surface area contributed by atoms with E-state index in [0.717, 1.165) is 56.0 Å². The van der Waals surface area contributed by atoms with E-state index >= 15 is 0 Å². The van der Waals surface area contributed by atoms with Crippen LogP contribution in [0.1, 0.15) is 52.3 Å². The molecule has 3 rings (SSSR count). The van der Waals surface area contributed by atoms with E-state index in [2.05, 4.69) is 52.6 Å². The number of hydrogen-bond acceptors (Lipinski definition) is 3. The van der Waals surface area contributed by atoms with Crippen LogP contribution in [0.15, 0.2) is 60.2 Å². The highest BCUT2D eigenvalue weighted by Crippen LogP contribution is 2.26. The van der Waals surface area contributed by atoms with Gasteiger partial charge in [0.2, 0.25) is 0 Å². The molecule has 0 bridgehead atoms. The quantitative estimate of drug-likeness (QED) is 0.266. The monoisotopic (exact) mass is 420 g/mol. The standard InChI is InChI=1S/C26H33N3O2/c1-5-7-18-28-22-16-12-13-17-23(22)29(19-8-6-2)25(28)24(20(3)26(30)31-4)27-21-14-10-9-11-15-21/h9-17H,5-8,18-19H2,1-4H3/p+1. The Kier molecular flexibility index (Phi) is 7.88. The number of nitrogens with one attached hydrogen (secondary N) is 1. The van der Waals surface area contributed by atoms with Gasteiger partial charge in [-0.05, 0) is 44.0 Å². The number of methoxy groups -OCH3 is 1. The molecule has 3 aromatic rings. The second kappa shape index (κ2) is 10.8. The molecule has 0 radical (unpaired) electrons. The molecule has 31 heavy (non-hydrogen) atoms. The van der Waals surface area contributed by atoms with Crippen LogP contribution in [0, 0.1) is 0 Å². The third-order valence-corrected chi connectivity index (χ3v) is 5.58. The van der Waals surface area contributed by atoms with Gasteiger partial charge in [-0.1, -0.05) is 57.0 Å². The summed E-state index contributed by atoms with van der Waals surface area (Å²) in [5, 5.41) is 3.54. The zero-order chi connectivity index (χ0) is 22.2. The van der Waals surface area contributed by atoms with Crippen molar-refractivity contribution in [2.75, 3.05) is 12.4 Å². The van der Waals surface area contributed by atoms with Gasteiger partial charge in [0.1, 0.15) is 5.70 Å². The predicted molar refractivity (Wildman–Crippen MR) is 127 cm³/mol. The van der Waals surface area contributed by atoms with E-state index in [4.69, 9.17) is 4.74 Å². The molecule has 0 saturated carbocycles. The second-order valence-corrected chi connectivity index (χ2v) is 7.81. The number of nitrogens with zero attached hydrogens (tertiary/aromatic N) is 2. The van der Waals surface area contributed by atoms with Gasteiger partial charge in [0.15, 0.2) is 11.0 Å². The van der Waals surface area contributed by atoms with E-state index < -0.39 is 0 Å². The van der Waals surface area contributed by atoms with Gasteiger partial charge >= 0.3 is 11.8 Å². The Morgan fingerprint density at radius 1 is 1.00 bits per heavy atom. The lowest BCUT2D eigenvalue weighted by molar-refractivity contribution is -0.675. The van der Waals surface area contributed by atoms with Crippen molar-refractivity contribution in [2.45, 2.75) is 59.5 Å². The summed E-state index contributed by atoms with van der Waals surface area (Å²) in [7, 11) is 1.43. The van der Waals surface area contributed by atoms with E-state index in [9.17, 15) is 4.79 Å². The summed E-state index contributed by atoms with van der Waals surface area (Å²) in [6.07, 6.45) is 4.33. The fourth-order valence-electron chi connectivity index (χ4n) is 3.89. The summed E-state index contributed by atoms with van der Waals surface area (Å²) in [4.78, 5) is 12.6. The molecule has 0 spiro atoms. The molecule has 0 aliphatic carbocycles. The van der Waals surface area contributed by atoms with Crippen molar-refractivity contribution in [3.05, 3.63) is 66.0 Å². The molecule has 0 aliphatic rings. The summed E-state index contributed by atoms with van der Waals surface area (Å²) in [5.41, 5.74) is 4.67. The minimum atomic E-state index is -0.326. The van der Waals surface area contributed by atoms with Crippen molar-refractivity contribution in [3.63, 3.8) is 0 Å². The molecule has 0 aliphatic heterocycles. The van der Waals surface area contributed by atoms with Crippen molar-refractivity contribution < 1.29 is 14.1 Å². The zero-order valence-electron chi connectivity index (χ0n) is 19.1. The number of fused-ring (bicyclic) bond motifs is 1. The molecular weight excluding hydrogens is 386 g/mol. The third kappa shape index (κ3) is 4.98. The molecule has 5 heteroatoms. The Balaban J connectivity index is 2.30. The normalized spacial score (nSPS) is 12.0. The number of para-hydroxylation sites is 3. The maximum absolute atomic E-state index is 12.6. The maximum Gasteiger partial charge on any atom is 0.335 e. The first kappa shape index (κ1) is 22.6. The van der Waals surface area contributed by atoms with Gasteiger partial charge in [-0.3, -0.25) is 0 Å². The molecule has 1 N–H and O–H groups in total. The Labute approximate surface area is 185 Å². The first-order valence-electron chi connectivity index (χ1n) is 11.2. The van der Waals surface area contributed by atoms with Crippen molar-refractivity contribution in [2.24, 2.45) is 0 Å². The van der Waals surface area contributed by atoms with Gasteiger partial charge < -0.3 is 10.1 Å². The summed E-state index contributed by atoms with van der Waals surface area (Å²) in [6, 6.07) is 18.5. The van der Waals surface area contributed by atoms with E-state index in [0.29, 0.717) is 5.57 Å². The molecule has 0 amide bonds. The largest absolute Gasteiger partial charge is 0.466 e. The Morgan fingerprint density at radius 2 is 1.68 bits per heavy atom. The van der Waals surface area contributed by atoms with Gasteiger partial charge in [0.05, 0.1) is 25.8 Å². The van der Waals surface area contributed by atoms with Crippen LogP contribution < -0.4 is 9.88 Å². The lowest BCUT2D eigenvalue weighted by Gasteiger charge is -2.14. The highest BCUT2D eigenvalue weighted by molar-refractivity contribution is 5.99. The number of carbonyl (C=O) groups is 1. The lowest BCUT2D eigenvalue weighted by Crippen LogP contribution is -2.39. The molecule has 0 saturated heterocycles. The Hall–Kier alpha value is -3.08. The van der Waals surface area contributed by atoms with Crippen LogP contribution >= 0.6 is 0 Å². The second-order valence-electron chi connectivity index (χ2n) is 7.81. The maximum atomic E-state index is 12.6. The number of rotatable bonds is 10. The number of esters is 1. The first-order chi connectivity index (χ1) is 15.1. The fraction of sp³-hybridized carbons (Fsp3) is 0.385. The van der Waals surface area contributed by atoms with E-state index in [1.54, 1.807) is 0 Å². The van der Waals surface area contributed by atoms with Crippen molar-refractivity contribution in [3.8, 4) is 0 Å². The predicted octanol–water partition coefficient (Wildman–Crippen LogP) is 5.55. The average molecular weight is 421 g/mol. The SMILES string of the molecule is CCCCn1c(/C(Nc2ccccc2)=C(/C)C(=O)OC)[n+](CCCC)c2ccccc21. The van der Waals surface area contributed by atoms with Crippen molar-refractivity contribution in [1.82, 2.24) is 4.57 Å². The van der Waals surface area contributed by atoms with Gasteiger partial charge in [0.25, 0.3) is 0 Å². The summed E-state index contributed by atoms with van der Waals surface area (Å²) < 4.78 is 9.82. The molecule has 0 atom stereocenters. The summed E-state index contributed by atoms with van der Waals surface area (Å²) in [6.45, 7) is 8.02. The van der Waals surface area contributed by atoms with E-state index in [1.807, 2.05) is 37.3 Å². The van der Waals surface area contributed by atoms with Crippen LogP contribution in [0.3, 0.4) is 0 Å². The van der Waals surface area contributed by atoms with Gasteiger partial charge in [-0.25, -0.2) is 13.9 Å². The van der Waals surface area contributed by atoms with E-state index in [1.165, 1.54) is 18.1 Å². The highest BCUT2D eigenvalue weighted by Gasteiger charge is 2.30. The Bertz CT molecular complexity index is 1010. The number of imidazole rings is 1. The highest BCUT2D eigenvalue weighted by atomic mass is 16.5.